The zero-order valence-corrected chi connectivity index (χ0v) is 88.4. The fourth-order valence-electron chi connectivity index (χ4n) is 22.1. The maximum atomic E-state index is 9.98. The molecule has 0 bridgehead atoms. The quantitative estimate of drug-likeness (QED) is 0.0268. The molecule has 750 valence electrons. The molecule has 149 heavy (non-hydrogen) atoms. The van der Waals surface area contributed by atoms with Gasteiger partial charge in [-0.3, -0.25) is 19.6 Å². The minimum Gasteiger partial charge on any atom is -0.492 e. The van der Waals surface area contributed by atoms with Crippen LogP contribution in [0.1, 0.15) is 185 Å². The summed E-state index contributed by atoms with van der Waals surface area (Å²) in [6.45, 7) is 34.7. The summed E-state index contributed by atoms with van der Waals surface area (Å²) in [5.74, 6) is 5.54. The highest BCUT2D eigenvalue weighted by atomic mass is 35.5. The smallest absolute Gasteiger partial charge is 0.194 e. The van der Waals surface area contributed by atoms with Crippen molar-refractivity contribution >= 4 is 108 Å². The zero-order chi connectivity index (χ0) is 104. The lowest BCUT2D eigenvalue weighted by molar-refractivity contribution is 0.0853. The van der Waals surface area contributed by atoms with Crippen molar-refractivity contribution in [3.05, 3.63) is 429 Å². The van der Waals surface area contributed by atoms with Crippen molar-refractivity contribution in [3.63, 3.8) is 0 Å². The van der Waals surface area contributed by atoms with Gasteiger partial charge in [-0.2, -0.15) is 26.3 Å². The second kappa shape index (κ2) is 51.4. The molecule has 0 unspecified atom stereocenters. The third kappa shape index (κ3) is 26.0. The van der Waals surface area contributed by atoms with Crippen molar-refractivity contribution in [1.82, 2.24) is 19.6 Å². The first-order valence-corrected chi connectivity index (χ1v) is 53.6. The number of nitriles is 5. The van der Waals surface area contributed by atoms with Gasteiger partial charge >= 0.3 is 0 Å². The predicted molar refractivity (Wildman–Crippen MR) is 610 cm³/mol. The fourth-order valence-corrected chi connectivity index (χ4v) is 22.9. The van der Waals surface area contributed by atoms with Gasteiger partial charge in [-0.15, -0.1) is 0 Å². The van der Waals surface area contributed by atoms with Crippen molar-refractivity contribution in [1.29, 1.82) is 26.3 Å². The Hall–Kier alpha value is -14.6. The van der Waals surface area contributed by atoms with E-state index in [1.165, 1.54) is 111 Å². The highest BCUT2D eigenvalue weighted by Crippen LogP contribution is 2.50. The number of hydrogen-bond donors (Lipinski definition) is 0. The molecular weight excluding hydrogens is 1900 g/mol. The van der Waals surface area contributed by atoms with Gasteiger partial charge in [0.25, 0.3) is 0 Å². The van der Waals surface area contributed by atoms with Gasteiger partial charge in [-0.1, -0.05) is 287 Å². The van der Waals surface area contributed by atoms with Crippen molar-refractivity contribution in [2.75, 3.05) is 105 Å². The molecule has 17 heteroatoms. The number of allylic oxidation sites excluding steroid dienone is 12. The molecule has 0 atom stereocenters. The molecule has 4 aliphatic heterocycles. The predicted octanol–water partition coefficient (Wildman–Crippen LogP) is 30.4. The van der Waals surface area contributed by atoms with Gasteiger partial charge in [-0.05, 0) is 322 Å². The van der Waals surface area contributed by atoms with Crippen LogP contribution in [0.2, 0.25) is 10.0 Å². The standard InChI is InChI=1S/C34H32ClN3O.C33H33ClN2O.C33H31N3O.C32H31ClN2O/c1-3-29(30-13-8-23(2)18-27(30)20-37)33(32-19-26-6-4-5-7-31(26)34(32)35)25-9-11-28(12-10-25)39-17-16-38-21-24(22-38)14-15-36;1-3-31(32-13-10-29(34)18-23(32)2)33(28-19-26-6-4-5-7-27(26)20-28)25-8-11-30(12-9-25)37-17-16-36-21-24(22-36)14-15-35;1-3-30(31-10-6-7-11-32(31)35-2)33(28-20-26-8-4-5-9-27(26)21-28)25-12-14-29(15-13-25)37-19-18-36-22-24(23-36)16-17-34;1-2-29(30-9-5-6-10-31(30)33)32(27-19-25-7-3-4-8-26(25)20-27)24-11-13-28(14-12-24)36-18-17-35-21-23(22-35)15-16-34/h4-13,18,24H,3,14,16-17,19,21-22H2,1-2H3;4-13,18-19,24H,3,14,16-17,20-22H2,1-2H3;4-15,20,24H,3,16,18-19,21-23H2,1H3;3-14,19,23H,2,15,17-18,20-22H2,1H3/b33-29+;33-31+;33-30+;32-29+. The van der Waals surface area contributed by atoms with E-state index in [1.807, 2.05) is 67.6 Å². The van der Waals surface area contributed by atoms with E-state index in [-0.39, 0.29) is 0 Å². The first-order valence-electron chi connectivity index (χ1n) is 52.5. The van der Waals surface area contributed by atoms with Crippen LogP contribution < -0.4 is 18.9 Å². The summed E-state index contributed by atoms with van der Waals surface area (Å²) < 4.78 is 24.2. The molecule has 14 nitrogen and oxygen atoms in total. The summed E-state index contributed by atoms with van der Waals surface area (Å²) in [5, 5.41) is 47.6. The number of rotatable bonds is 36. The molecule has 0 radical (unpaired) electrons. The number of nitrogens with zero attached hydrogens (tertiary/aromatic N) is 10. The summed E-state index contributed by atoms with van der Waals surface area (Å²) >= 11 is 20.0. The molecular formula is C132H127Cl3N10O4. The Balaban J connectivity index is 0.000000135. The van der Waals surface area contributed by atoms with E-state index in [1.54, 1.807) is 0 Å². The van der Waals surface area contributed by atoms with Crippen LogP contribution in [0.5, 0.6) is 23.0 Å². The topological polar surface area (TPSA) is 173 Å². The Labute approximate surface area is 895 Å². The summed E-state index contributed by atoms with van der Waals surface area (Å²) in [6, 6.07) is 108. The second-order valence-electron chi connectivity index (χ2n) is 39.8. The average Bonchev–Trinajstić information content (AvgIpc) is 1.66. The molecule has 0 amide bonds. The molecule has 8 aliphatic rings. The number of benzene rings is 12. The van der Waals surface area contributed by atoms with Gasteiger partial charge < -0.3 is 18.9 Å². The SMILES string of the molecule is CC/C(=C(\C1=C(Cl)c2ccccc2C1)c1ccc(OCCN2CC(CC#N)C2)cc1)c1ccc(C)cc1C#N.CC/C(=C(\C1=Cc2ccccc2C1)c1ccc(OCCN2CC(CC#N)C2)cc1)c1ccc(Cl)cc1C.CC/C(=C(\C1=Cc2ccccc2C1)c1ccc(OCCN2CC(CC#N)C2)cc1)c1ccccc1Cl.[C-]#[N+]c1ccccc1/C(CC)=C(/C1=Cc2ccccc2C1)c1ccc(OCCN2CC(CC#N)C2)cc1. The van der Waals surface area contributed by atoms with Crippen LogP contribution >= 0.6 is 34.8 Å². The van der Waals surface area contributed by atoms with Gasteiger partial charge in [0.1, 0.15) is 49.4 Å². The lowest BCUT2D eigenvalue weighted by Crippen LogP contribution is -2.47. The monoisotopic (exact) mass is 2020 g/mol. The normalized spacial score (nSPS) is 15.8. The number of para-hydroxylation sites is 1. The number of hydrogen-bond acceptors (Lipinski definition) is 13. The number of ether oxygens (including phenoxy) is 4. The summed E-state index contributed by atoms with van der Waals surface area (Å²) in [7, 11) is 0. The lowest BCUT2D eigenvalue weighted by atomic mass is 9.85. The molecule has 0 spiro atoms. The Kier molecular flexibility index (Phi) is 36.4. The van der Waals surface area contributed by atoms with E-state index in [9.17, 15) is 5.26 Å². The molecule has 0 saturated carbocycles. The third-order valence-electron chi connectivity index (χ3n) is 29.7. The lowest BCUT2D eigenvalue weighted by Gasteiger charge is -2.37. The van der Waals surface area contributed by atoms with Crippen molar-refractivity contribution < 1.29 is 18.9 Å². The van der Waals surface area contributed by atoms with E-state index >= 15 is 0 Å². The minimum absolute atomic E-state index is 0.505. The van der Waals surface area contributed by atoms with Gasteiger partial charge in [0, 0.05) is 121 Å². The molecule has 4 heterocycles. The summed E-state index contributed by atoms with van der Waals surface area (Å²) in [5.41, 5.74) is 37.6. The molecule has 4 aliphatic carbocycles. The van der Waals surface area contributed by atoms with Crippen LogP contribution in [0, 0.1) is 101 Å². The van der Waals surface area contributed by atoms with E-state index in [4.69, 9.17) is 81.4 Å². The van der Waals surface area contributed by atoms with E-state index < -0.39 is 0 Å². The molecule has 12 aromatic rings. The van der Waals surface area contributed by atoms with E-state index in [0.717, 1.165) is 224 Å². The van der Waals surface area contributed by atoms with E-state index in [2.05, 4.69) is 326 Å². The fraction of sp³-hybridized carbons (Fsp3) is 0.288. The van der Waals surface area contributed by atoms with Gasteiger partial charge in [0.15, 0.2) is 5.69 Å². The van der Waals surface area contributed by atoms with Crippen LogP contribution in [0.4, 0.5) is 5.69 Å². The van der Waals surface area contributed by atoms with Crippen molar-refractivity contribution in [2.45, 2.75) is 119 Å². The largest absolute Gasteiger partial charge is 0.492 e. The van der Waals surface area contributed by atoms with Crippen LogP contribution in [0.25, 0.3) is 72.7 Å². The first-order chi connectivity index (χ1) is 72.9. The number of aryl methyl sites for hydroxylation is 2. The highest BCUT2D eigenvalue weighted by molar-refractivity contribution is 6.51. The van der Waals surface area contributed by atoms with Gasteiger partial charge in [0.05, 0.1) is 47.5 Å². The molecule has 20 rings (SSSR count). The Bertz CT molecular complexity index is 7380. The Morgan fingerprint density at radius 3 is 1.05 bits per heavy atom. The van der Waals surface area contributed by atoms with Gasteiger partial charge in [-0.25, -0.2) is 4.85 Å². The maximum absolute atomic E-state index is 9.98. The Morgan fingerprint density at radius 2 is 0.685 bits per heavy atom. The first kappa shape index (κ1) is 106. The van der Waals surface area contributed by atoms with Crippen molar-refractivity contribution in [2.24, 2.45) is 23.7 Å². The number of halogens is 3. The van der Waals surface area contributed by atoms with Crippen LogP contribution in [0.3, 0.4) is 0 Å². The summed E-state index contributed by atoms with van der Waals surface area (Å²) in [6.07, 6.45) is 16.5. The zero-order valence-electron chi connectivity index (χ0n) is 86.1. The average molecular weight is 2020 g/mol. The van der Waals surface area contributed by atoms with E-state index in [0.29, 0.717) is 87.0 Å². The molecule has 12 aromatic carbocycles. The second-order valence-corrected chi connectivity index (χ2v) is 41.0. The molecule has 4 saturated heterocycles. The highest BCUT2D eigenvalue weighted by Gasteiger charge is 2.34. The number of fused-ring (bicyclic) bond motifs is 4. The number of likely N-dealkylation sites (tertiary alicyclic amines) is 4. The Morgan fingerprint density at radius 1 is 0.349 bits per heavy atom. The maximum Gasteiger partial charge on any atom is 0.194 e. The van der Waals surface area contributed by atoms with Crippen LogP contribution in [-0.2, 0) is 25.7 Å². The molecule has 0 N–H and O–H groups in total. The van der Waals surface area contributed by atoms with Crippen LogP contribution in [-0.4, -0.2) is 125 Å². The van der Waals surface area contributed by atoms with Crippen molar-refractivity contribution in [3.8, 4) is 53.3 Å². The van der Waals surface area contributed by atoms with Gasteiger partial charge in [0.2, 0.25) is 0 Å². The van der Waals surface area contributed by atoms with Crippen LogP contribution in [0.15, 0.2) is 301 Å². The summed E-state index contributed by atoms with van der Waals surface area (Å²) in [4.78, 5) is 13.2. The minimum atomic E-state index is 0.505. The molecule has 0 aromatic heterocycles. The molecule has 4 fully saturated rings. The third-order valence-corrected chi connectivity index (χ3v) is 30.7.